The van der Waals surface area contributed by atoms with Crippen molar-refractivity contribution in [2.75, 3.05) is 13.6 Å². The molecule has 0 atom stereocenters. The second-order valence-electron chi connectivity index (χ2n) is 1.20. The van der Waals surface area contributed by atoms with Gasteiger partial charge in [-0.3, -0.25) is 0 Å². The number of quaternary nitrogens is 1. The van der Waals surface area contributed by atoms with Crippen LogP contribution < -0.4 is 5.32 Å². The van der Waals surface area contributed by atoms with Crippen molar-refractivity contribution in [3.05, 3.63) is 0 Å². The van der Waals surface area contributed by atoms with Crippen molar-refractivity contribution in [1.82, 2.24) is 0 Å². The van der Waals surface area contributed by atoms with Crippen molar-refractivity contribution < 1.29 is 43.5 Å². The Bertz CT molecular complexity index is 19.2. The Morgan fingerprint density at radius 3 is 1.86 bits per heavy atom. The molecule has 0 fully saturated rings. The Hall–Kier alpha value is 1.02. The molecule has 7 heavy (non-hydrogen) atoms. The number of nitrogens with two attached hydrogens (primary N) is 1. The third-order valence-corrected chi connectivity index (χ3v) is 0.577. The van der Waals surface area contributed by atoms with Gasteiger partial charge in [0.25, 0.3) is 0 Å². The molecule has 0 aromatic rings. The summed E-state index contributed by atoms with van der Waals surface area (Å²) in [4.78, 5) is 0. The van der Waals surface area contributed by atoms with Gasteiger partial charge in [0.15, 0.2) is 0 Å². The molecule has 0 unspecified atom stereocenters. The van der Waals surface area contributed by atoms with Gasteiger partial charge in [0, 0.05) is 32.7 Å². The van der Waals surface area contributed by atoms with E-state index in [-0.39, 0.29) is 38.2 Å². The number of hydrogen-bond acceptors (Lipinski definition) is 1. The van der Waals surface area contributed by atoms with Crippen molar-refractivity contribution in [2.45, 2.75) is 13.3 Å². The van der Waals surface area contributed by atoms with E-state index in [2.05, 4.69) is 19.3 Å². The summed E-state index contributed by atoms with van der Waals surface area (Å²) in [5.41, 5.74) is 0. The minimum atomic E-state index is 0. The fourth-order valence-corrected chi connectivity index (χ4v) is 0.289. The van der Waals surface area contributed by atoms with Gasteiger partial charge in [-0.2, -0.15) is 0 Å². The van der Waals surface area contributed by atoms with E-state index >= 15 is 0 Å². The van der Waals surface area contributed by atoms with Gasteiger partial charge in [0.05, 0.1) is 13.6 Å². The van der Waals surface area contributed by atoms with Crippen molar-refractivity contribution in [3.8, 4) is 0 Å². The monoisotopic (exact) mass is 180 g/mol. The third-order valence-electron chi connectivity index (χ3n) is 0.577. The van der Waals surface area contributed by atoms with Gasteiger partial charge in [-0.25, -0.2) is 0 Å². The van der Waals surface area contributed by atoms with Gasteiger partial charge in [-0.05, 0) is 6.42 Å². The maximum atomic E-state index is 2.18. The van der Waals surface area contributed by atoms with Crippen LogP contribution in [0.15, 0.2) is 0 Å². The summed E-state index contributed by atoms with van der Waals surface area (Å²) in [7, 11) is 2.09. The van der Waals surface area contributed by atoms with Crippen molar-refractivity contribution in [3.63, 3.8) is 0 Å². The van der Waals surface area contributed by atoms with E-state index < -0.39 is 0 Å². The van der Waals surface area contributed by atoms with Crippen LogP contribution in [-0.4, -0.2) is 19.1 Å². The normalized spacial score (nSPS) is 6.00. The summed E-state index contributed by atoms with van der Waals surface area (Å²) in [6.07, 6.45) is 1.29. The molecular weight excluding hydrogens is 167 g/mol. The zero-order chi connectivity index (χ0) is 4.12. The van der Waals surface area contributed by atoms with Crippen LogP contribution in [0.2, 0.25) is 0 Å². The Morgan fingerprint density at radius 1 is 1.43 bits per heavy atom. The predicted octanol–water partition coefficient (Wildman–Crippen LogP) is -0.590. The van der Waals surface area contributed by atoms with Crippen LogP contribution >= 0.6 is 0 Å². The molecule has 0 aromatic heterocycles. The summed E-state index contributed by atoms with van der Waals surface area (Å²) < 4.78 is 0. The first-order valence-corrected chi connectivity index (χ1v) is 2.19. The number of hydrogen-bond donors (Lipinski definition) is 1. The average molecular weight is 180 g/mol. The molecule has 0 aromatic carbocycles. The van der Waals surface area contributed by atoms with Crippen LogP contribution in [0.4, 0.5) is 0 Å². The first-order chi connectivity index (χ1) is 2.41. The zero-order valence-corrected chi connectivity index (χ0v) is 7.85. The molecule has 0 saturated carbocycles. The molecule has 0 heterocycles. The van der Waals surface area contributed by atoms with Gasteiger partial charge in [0.1, 0.15) is 0 Å². The second-order valence-corrected chi connectivity index (χ2v) is 1.20. The molecule has 0 bridgehead atoms. The van der Waals surface area contributed by atoms with Gasteiger partial charge < -0.3 is 10.8 Å². The fraction of sp³-hybridized carbons (Fsp3) is 1.00. The standard InChI is InChI=1S/C4H11N.H2O.Y/c1-3-4-5-2;;/h5H,3-4H2,1-2H3;1H2;. The molecule has 0 aliphatic rings. The minimum absolute atomic E-state index is 0. The Morgan fingerprint density at radius 2 is 1.86 bits per heavy atom. The molecule has 2 nitrogen and oxygen atoms in total. The van der Waals surface area contributed by atoms with E-state index in [1.165, 1.54) is 13.0 Å². The van der Waals surface area contributed by atoms with Crippen LogP contribution in [0, 0.1) is 0 Å². The Kier molecular flexibility index (Phi) is 35.3. The summed E-state index contributed by atoms with van der Waals surface area (Å²) in [6, 6.07) is 0. The quantitative estimate of drug-likeness (QED) is 0.606. The molecule has 0 saturated heterocycles. The fourth-order valence-electron chi connectivity index (χ4n) is 0.289. The van der Waals surface area contributed by atoms with E-state index in [0.717, 1.165) is 0 Å². The van der Waals surface area contributed by atoms with Gasteiger partial charge in [-0.1, -0.05) is 6.92 Å². The van der Waals surface area contributed by atoms with E-state index in [4.69, 9.17) is 0 Å². The van der Waals surface area contributed by atoms with E-state index in [0.29, 0.717) is 0 Å². The average Bonchev–Trinajstić information content (AvgIpc) is 1.41. The molecule has 0 aliphatic carbocycles. The topological polar surface area (TPSA) is 46.6 Å². The molecule has 1 radical (unpaired) electrons. The summed E-state index contributed by atoms with van der Waals surface area (Å²) in [5.74, 6) is 0. The molecule has 43 valence electrons. The predicted molar refractivity (Wildman–Crippen MR) is 24.9 cm³/mol. The molecular formula is C4H13NOY. The molecule has 0 aliphatic heterocycles. The summed E-state index contributed by atoms with van der Waals surface area (Å²) in [6.45, 7) is 3.44. The van der Waals surface area contributed by atoms with Gasteiger partial charge in [0.2, 0.25) is 0 Å². The molecule has 3 heteroatoms. The SMILES string of the molecule is CCC[NH2+]C.[OH-].[Y]. The van der Waals surface area contributed by atoms with Crippen molar-refractivity contribution >= 4 is 0 Å². The maximum absolute atomic E-state index is 2.18. The van der Waals surface area contributed by atoms with Crippen LogP contribution in [0.1, 0.15) is 13.3 Å². The van der Waals surface area contributed by atoms with Crippen LogP contribution in [0.5, 0.6) is 0 Å². The van der Waals surface area contributed by atoms with E-state index in [1.807, 2.05) is 0 Å². The Labute approximate surface area is 70.2 Å². The second kappa shape index (κ2) is 15.7. The number of rotatable bonds is 2. The maximum Gasteiger partial charge on any atom is 0.0750 e. The van der Waals surface area contributed by atoms with Crippen molar-refractivity contribution in [1.29, 1.82) is 0 Å². The zero-order valence-electron chi connectivity index (χ0n) is 5.02. The first kappa shape index (κ1) is 15.7. The minimum Gasteiger partial charge on any atom is -0.870 e. The molecule has 0 spiro atoms. The van der Waals surface area contributed by atoms with E-state index in [1.54, 1.807) is 0 Å². The summed E-state index contributed by atoms with van der Waals surface area (Å²) >= 11 is 0. The molecule has 3 N–H and O–H groups in total. The molecule has 0 amide bonds. The summed E-state index contributed by atoms with van der Waals surface area (Å²) in [5, 5.41) is 2.18. The Balaban J connectivity index is -0.0000000800. The third kappa shape index (κ3) is 19.4. The van der Waals surface area contributed by atoms with Crippen LogP contribution in [-0.2, 0) is 32.7 Å². The van der Waals surface area contributed by atoms with Crippen molar-refractivity contribution in [2.24, 2.45) is 0 Å². The van der Waals surface area contributed by atoms with Gasteiger partial charge >= 0.3 is 0 Å². The van der Waals surface area contributed by atoms with Gasteiger partial charge in [-0.15, -0.1) is 0 Å². The van der Waals surface area contributed by atoms with E-state index in [9.17, 15) is 0 Å². The van der Waals surface area contributed by atoms with Crippen LogP contribution in [0.3, 0.4) is 0 Å². The first-order valence-electron chi connectivity index (χ1n) is 2.19. The van der Waals surface area contributed by atoms with Crippen LogP contribution in [0.25, 0.3) is 0 Å². The largest absolute Gasteiger partial charge is 0.870 e. The molecule has 0 rings (SSSR count). The smallest absolute Gasteiger partial charge is 0.0750 e.